The molecule has 2 N–H and O–H groups in total. The Balaban J connectivity index is 1.57. The molecule has 0 aliphatic carbocycles. The van der Waals surface area contributed by atoms with E-state index in [0.717, 1.165) is 0 Å². The summed E-state index contributed by atoms with van der Waals surface area (Å²) < 4.78 is 11.7. The van der Waals surface area contributed by atoms with Gasteiger partial charge in [-0.2, -0.15) is 0 Å². The van der Waals surface area contributed by atoms with E-state index in [4.69, 9.17) is 9.05 Å². The highest BCUT2D eigenvalue weighted by Gasteiger charge is 2.52. The molecule has 2 aliphatic rings. The fraction of sp³-hybridized carbons (Fsp3) is 0.111. The zero-order valence-electron chi connectivity index (χ0n) is 12.5. The van der Waals surface area contributed by atoms with Crippen molar-refractivity contribution in [2.45, 2.75) is 12.1 Å². The standard InChI is InChI=1S/C18H18N2O2P/c1-3-7-15(8-4-1)17-11-13-21-23(19-17)20-18(12-14-22-23)16-9-5-2-6-10-16/h1-14,17-20H/q+1. The van der Waals surface area contributed by atoms with Crippen molar-refractivity contribution in [2.75, 3.05) is 0 Å². The fourth-order valence-electron chi connectivity index (χ4n) is 2.73. The second-order valence-corrected chi connectivity index (χ2v) is 7.50. The number of rotatable bonds is 2. The Morgan fingerprint density at radius 2 is 1.09 bits per heavy atom. The van der Waals surface area contributed by atoms with Crippen LogP contribution < -0.4 is 10.2 Å². The SMILES string of the molecule is C1=CC(c2ccccc2)N[P+]2(NC(c3ccccc3)C=CO2)O1. The molecule has 0 bridgehead atoms. The first-order valence-electron chi connectivity index (χ1n) is 7.59. The summed E-state index contributed by atoms with van der Waals surface area (Å²) in [7, 11) is -2.40. The molecule has 0 fully saturated rings. The topological polar surface area (TPSA) is 42.5 Å². The van der Waals surface area contributed by atoms with Crippen LogP contribution in [0.3, 0.4) is 0 Å². The zero-order chi connectivity index (χ0) is 15.5. The minimum Gasteiger partial charge on any atom is -0.281 e. The van der Waals surface area contributed by atoms with Crippen molar-refractivity contribution in [3.05, 3.63) is 96.5 Å². The van der Waals surface area contributed by atoms with Crippen LogP contribution in [0, 0.1) is 0 Å². The minimum atomic E-state index is -2.40. The molecule has 0 aromatic heterocycles. The van der Waals surface area contributed by atoms with E-state index in [-0.39, 0.29) is 12.1 Å². The molecule has 0 amide bonds. The third-order valence-corrected chi connectivity index (χ3v) is 5.97. The summed E-state index contributed by atoms with van der Waals surface area (Å²) in [5, 5.41) is 7.00. The van der Waals surface area contributed by atoms with E-state index in [1.165, 1.54) is 11.1 Å². The first-order chi connectivity index (χ1) is 11.3. The average molecular weight is 325 g/mol. The Bertz CT molecular complexity index is 655. The lowest BCUT2D eigenvalue weighted by atomic mass is 10.1. The second-order valence-electron chi connectivity index (χ2n) is 5.45. The second kappa shape index (κ2) is 6.17. The quantitative estimate of drug-likeness (QED) is 0.803. The van der Waals surface area contributed by atoms with Crippen LogP contribution in [-0.4, -0.2) is 0 Å². The molecule has 1 spiro atoms. The van der Waals surface area contributed by atoms with Crippen LogP contribution in [0.2, 0.25) is 0 Å². The molecule has 0 radical (unpaired) electrons. The summed E-state index contributed by atoms with van der Waals surface area (Å²) in [6, 6.07) is 20.7. The summed E-state index contributed by atoms with van der Waals surface area (Å²) in [6.07, 6.45) is 7.47. The van der Waals surface area contributed by atoms with Crippen LogP contribution in [0.4, 0.5) is 0 Å². The maximum atomic E-state index is 5.84. The Labute approximate surface area is 136 Å². The number of benzene rings is 2. The Hall–Kier alpha value is -2.13. The molecule has 2 atom stereocenters. The maximum Gasteiger partial charge on any atom is 0.518 e. The summed E-state index contributed by atoms with van der Waals surface area (Å²) in [5.74, 6) is 0. The molecular formula is C18H18N2O2P+. The lowest BCUT2D eigenvalue weighted by Gasteiger charge is -2.32. The predicted molar refractivity (Wildman–Crippen MR) is 92.0 cm³/mol. The molecule has 2 aromatic carbocycles. The van der Waals surface area contributed by atoms with E-state index < -0.39 is 8.02 Å². The molecule has 0 saturated carbocycles. The third-order valence-electron chi connectivity index (χ3n) is 3.90. The van der Waals surface area contributed by atoms with E-state index in [2.05, 4.69) is 34.4 Å². The van der Waals surface area contributed by atoms with Gasteiger partial charge in [0.05, 0.1) is 12.1 Å². The molecule has 0 saturated heterocycles. The molecule has 2 aromatic rings. The number of nitrogens with one attached hydrogen (secondary N) is 2. The van der Waals surface area contributed by atoms with Crippen LogP contribution in [0.25, 0.3) is 0 Å². The summed E-state index contributed by atoms with van der Waals surface area (Å²) >= 11 is 0. The lowest BCUT2D eigenvalue weighted by molar-refractivity contribution is 0.318. The van der Waals surface area contributed by atoms with Crippen molar-refractivity contribution in [1.82, 2.24) is 10.2 Å². The lowest BCUT2D eigenvalue weighted by Crippen LogP contribution is -2.37. The van der Waals surface area contributed by atoms with Crippen molar-refractivity contribution in [3.8, 4) is 0 Å². The molecule has 2 heterocycles. The largest absolute Gasteiger partial charge is 0.518 e. The van der Waals surface area contributed by atoms with Gasteiger partial charge in [0.25, 0.3) is 0 Å². The summed E-state index contributed by atoms with van der Waals surface area (Å²) in [4.78, 5) is 0. The van der Waals surface area contributed by atoms with Crippen molar-refractivity contribution in [3.63, 3.8) is 0 Å². The van der Waals surface area contributed by atoms with Gasteiger partial charge in [0.1, 0.15) is 12.5 Å². The molecule has 2 aliphatic heterocycles. The smallest absolute Gasteiger partial charge is 0.281 e. The fourth-order valence-corrected chi connectivity index (χ4v) is 4.78. The van der Waals surface area contributed by atoms with E-state index in [9.17, 15) is 0 Å². The monoisotopic (exact) mass is 325 g/mol. The van der Waals surface area contributed by atoms with Gasteiger partial charge in [-0.3, -0.25) is 9.05 Å². The van der Waals surface area contributed by atoms with Crippen LogP contribution in [0.1, 0.15) is 23.2 Å². The van der Waals surface area contributed by atoms with E-state index in [0.29, 0.717) is 0 Å². The molecule has 4 nitrogen and oxygen atoms in total. The molecule has 2 unspecified atom stereocenters. The van der Waals surface area contributed by atoms with Gasteiger partial charge in [-0.05, 0) is 23.3 Å². The number of hydrogen-bond acceptors (Lipinski definition) is 4. The molecule has 5 heteroatoms. The normalized spacial score (nSPS) is 29.0. The minimum absolute atomic E-state index is 0.0636. The van der Waals surface area contributed by atoms with Crippen molar-refractivity contribution in [2.24, 2.45) is 0 Å². The van der Waals surface area contributed by atoms with Gasteiger partial charge in [0.15, 0.2) is 0 Å². The van der Waals surface area contributed by atoms with Gasteiger partial charge in [-0.15, -0.1) is 0 Å². The van der Waals surface area contributed by atoms with Gasteiger partial charge >= 0.3 is 8.02 Å². The first kappa shape index (κ1) is 14.5. The first-order valence-corrected chi connectivity index (χ1v) is 9.22. The summed E-state index contributed by atoms with van der Waals surface area (Å²) in [5.41, 5.74) is 2.37. The maximum absolute atomic E-state index is 5.84. The predicted octanol–water partition coefficient (Wildman–Crippen LogP) is 4.41. The molecule has 4 rings (SSSR count). The van der Waals surface area contributed by atoms with Crippen LogP contribution in [0.15, 0.2) is 85.3 Å². The summed E-state index contributed by atoms with van der Waals surface area (Å²) in [6.45, 7) is 0. The van der Waals surface area contributed by atoms with Gasteiger partial charge in [0, 0.05) is 0 Å². The zero-order valence-corrected chi connectivity index (χ0v) is 13.4. The average Bonchev–Trinajstić information content (AvgIpc) is 2.63. The van der Waals surface area contributed by atoms with Crippen molar-refractivity contribution >= 4 is 8.02 Å². The van der Waals surface area contributed by atoms with E-state index >= 15 is 0 Å². The highest BCUT2D eigenvalue weighted by Crippen LogP contribution is 2.60. The Morgan fingerprint density at radius 1 is 0.652 bits per heavy atom. The van der Waals surface area contributed by atoms with Crippen molar-refractivity contribution < 1.29 is 9.05 Å². The molecule has 23 heavy (non-hydrogen) atoms. The molecular weight excluding hydrogens is 307 g/mol. The van der Waals surface area contributed by atoms with Gasteiger partial charge < -0.3 is 0 Å². The van der Waals surface area contributed by atoms with E-state index in [1.54, 1.807) is 12.5 Å². The Morgan fingerprint density at radius 3 is 1.52 bits per heavy atom. The van der Waals surface area contributed by atoms with Crippen LogP contribution in [-0.2, 0) is 9.05 Å². The van der Waals surface area contributed by atoms with Crippen molar-refractivity contribution in [1.29, 1.82) is 0 Å². The van der Waals surface area contributed by atoms with Crippen LogP contribution in [0.5, 0.6) is 0 Å². The molecule has 116 valence electrons. The Kier molecular flexibility index (Phi) is 3.88. The third kappa shape index (κ3) is 3.02. The van der Waals surface area contributed by atoms with E-state index in [1.807, 2.05) is 48.6 Å². The van der Waals surface area contributed by atoms with Crippen LogP contribution >= 0.6 is 8.02 Å². The highest BCUT2D eigenvalue weighted by atomic mass is 31.2. The number of hydrogen-bond donors (Lipinski definition) is 2. The van der Waals surface area contributed by atoms with Gasteiger partial charge in [-0.25, -0.2) is 0 Å². The van der Waals surface area contributed by atoms with Gasteiger partial charge in [0.2, 0.25) is 0 Å². The van der Waals surface area contributed by atoms with Gasteiger partial charge in [-0.1, -0.05) is 70.8 Å². The highest BCUT2D eigenvalue weighted by molar-refractivity contribution is 7.62.